The molecular weight excluding hydrogens is 423 g/mol. The first-order valence-corrected chi connectivity index (χ1v) is 8.36. The third-order valence-electron chi connectivity index (χ3n) is 3.04. The van der Waals surface area contributed by atoms with E-state index in [2.05, 4.69) is 46.8 Å². The Morgan fingerprint density at radius 2 is 2.13 bits per heavy atom. The molecule has 2 aromatic heterocycles. The van der Waals surface area contributed by atoms with Gasteiger partial charge in [0.15, 0.2) is 5.96 Å². The number of hydrogen-bond donors (Lipinski definition) is 2. The molecule has 23 heavy (non-hydrogen) atoms. The van der Waals surface area contributed by atoms with Crippen LogP contribution < -0.4 is 10.6 Å². The molecule has 2 heterocycles. The Kier molecular flexibility index (Phi) is 8.04. The molecule has 2 N–H and O–H groups in total. The van der Waals surface area contributed by atoms with E-state index in [4.69, 9.17) is 4.42 Å². The molecule has 0 saturated carbocycles. The Bertz CT molecular complexity index is 602. The second kappa shape index (κ2) is 9.27. The van der Waals surface area contributed by atoms with Crippen molar-refractivity contribution in [3.63, 3.8) is 0 Å². The maximum atomic E-state index is 5.29. The average Bonchev–Trinajstić information content (AvgIpc) is 3.12. The fourth-order valence-electron chi connectivity index (χ4n) is 1.80. The highest BCUT2D eigenvalue weighted by molar-refractivity contribution is 14.0. The van der Waals surface area contributed by atoms with Crippen LogP contribution in [0.4, 0.5) is 0 Å². The number of aliphatic imine (C=N–C) groups is 1. The van der Waals surface area contributed by atoms with E-state index in [1.807, 2.05) is 19.1 Å². The molecule has 0 radical (unpaired) electrons. The molecule has 0 aromatic carbocycles. The van der Waals surface area contributed by atoms with Gasteiger partial charge in [0.2, 0.25) is 0 Å². The van der Waals surface area contributed by atoms with Gasteiger partial charge in [-0.15, -0.1) is 35.3 Å². The summed E-state index contributed by atoms with van der Waals surface area (Å²) in [5.41, 5.74) is 1.22. The molecule has 0 aliphatic carbocycles. The molecule has 0 amide bonds. The van der Waals surface area contributed by atoms with Gasteiger partial charge in [-0.2, -0.15) is 0 Å². The van der Waals surface area contributed by atoms with Crippen LogP contribution in [-0.4, -0.2) is 17.5 Å². The zero-order valence-electron chi connectivity index (χ0n) is 14.0. The maximum Gasteiger partial charge on any atom is 0.192 e. The van der Waals surface area contributed by atoms with Crippen LogP contribution in [-0.2, 0) is 18.5 Å². The van der Waals surface area contributed by atoms with Gasteiger partial charge in [0.25, 0.3) is 0 Å². The zero-order valence-corrected chi connectivity index (χ0v) is 17.2. The lowest BCUT2D eigenvalue weighted by Crippen LogP contribution is -2.36. The Morgan fingerprint density at radius 3 is 2.70 bits per heavy atom. The highest BCUT2D eigenvalue weighted by Gasteiger charge is 2.17. The van der Waals surface area contributed by atoms with Gasteiger partial charge in [-0.05, 0) is 19.1 Å². The van der Waals surface area contributed by atoms with Crippen molar-refractivity contribution in [1.82, 2.24) is 15.6 Å². The number of thiazole rings is 1. The Labute approximate surface area is 159 Å². The van der Waals surface area contributed by atoms with Crippen molar-refractivity contribution in [2.45, 2.75) is 46.2 Å². The van der Waals surface area contributed by atoms with Crippen LogP contribution in [0, 0.1) is 0 Å². The third kappa shape index (κ3) is 6.50. The van der Waals surface area contributed by atoms with Crippen LogP contribution in [0.1, 0.15) is 44.2 Å². The second-order valence-electron chi connectivity index (χ2n) is 6.00. The quantitative estimate of drug-likeness (QED) is 0.414. The molecule has 7 heteroatoms. The second-order valence-corrected chi connectivity index (χ2v) is 6.95. The van der Waals surface area contributed by atoms with Crippen molar-refractivity contribution in [2.75, 3.05) is 6.54 Å². The average molecular weight is 448 g/mol. The lowest BCUT2D eigenvalue weighted by molar-refractivity contribution is 0.512. The Balaban J connectivity index is 0.00000264. The molecule has 0 aliphatic rings. The van der Waals surface area contributed by atoms with Gasteiger partial charge in [-0.1, -0.05) is 20.8 Å². The smallest absolute Gasteiger partial charge is 0.192 e. The number of furan rings is 1. The number of rotatable bonds is 5. The minimum Gasteiger partial charge on any atom is -0.467 e. The van der Waals surface area contributed by atoms with Crippen molar-refractivity contribution < 1.29 is 4.42 Å². The lowest BCUT2D eigenvalue weighted by atomic mass is 9.93. The van der Waals surface area contributed by atoms with Gasteiger partial charge in [0.1, 0.15) is 17.3 Å². The van der Waals surface area contributed by atoms with Crippen LogP contribution in [0.5, 0.6) is 0 Å². The van der Waals surface area contributed by atoms with Gasteiger partial charge in [0, 0.05) is 17.3 Å². The summed E-state index contributed by atoms with van der Waals surface area (Å²) in [7, 11) is 0. The van der Waals surface area contributed by atoms with E-state index in [9.17, 15) is 0 Å². The molecule has 0 bridgehead atoms. The highest BCUT2D eigenvalue weighted by atomic mass is 127. The van der Waals surface area contributed by atoms with Gasteiger partial charge < -0.3 is 15.1 Å². The van der Waals surface area contributed by atoms with Gasteiger partial charge in [-0.3, -0.25) is 0 Å². The Hall–Kier alpha value is -1.09. The topological polar surface area (TPSA) is 62.5 Å². The maximum absolute atomic E-state index is 5.29. The number of nitrogens with zero attached hydrogens (tertiary/aromatic N) is 2. The third-order valence-corrected chi connectivity index (χ3v) is 3.89. The largest absolute Gasteiger partial charge is 0.467 e. The molecule has 0 saturated heterocycles. The first-order valence-electron chi connectivity index (χ1n) is 7.48. The fraction of sp³-hybridized carbons (Fsp3) is 0.500. The summed E-state index contributed by atoms with van der Waals surface area (Å²) < 4.78 is 5.29. The van der Waals surface area contributed by atoms with E-state index >= 15 is 0 Å². The van der Waals surface area contributed by atoms with E-state index in [0.29, 0.717) is 13.1 Å². The van der Waals surface area contributed by atoms with Crippen LogP contribution >= 0.6 is 35.3 Å². The fourth-order valence-corrected chi connectivity index (χ4v) is 2.76. The van der Waals surface area contributed by atoms with E-state index in [1.165, 1.54) is 0 Å². The van der Waals surface area contributed by atoms with Crippen LogP contribution in [0.2, 0.25) is 0 Å². The summed E-state index contributed by atoms with van der Waals surface area (Å²) in [6.07, 6.45) is 1.66. The molecule has 128 valence electrons. The van der Waals surface area contributed by atoms with Crippen molar-refractivity contribution in [2.24, 2.45) is 4.99 Å². The standard InChI is InChI=1S/C16H24N4OS.HI/c1-5-17-15(18-9-12-7-6-8-21-12)19-10-14-20-13(11-22-14)16(2,3)4;/h6-8,11H,5,9-10H2,1-4H3,(H2,17,18,19);1H. The molecule has 0 atom stereocenters. The van der Waals surface area contributed by atoms with E-state index in [0.717, 1.165) is 29.0 Å². The number of guanidine groups is 1. The van der Waals surface area contributed by atoms with Crippen LogP contribution in [0.15, 0.2) is 33.2 Å². The highest BCUT2D eigenvalue weighted by Crippen LogP contribution is 2.23. The van der Waals surface area contributed by atoms with Crippen molar-refractivity contribution in [1.29, 1.82) is 0 Å². The molecule has 5 nitrogen and oxygen atoms in total. The number of halogens is 1. The molecular formula is C16H25IN4OS. The minimum absolute atomic E-state index is 0. The minimum atomic E-state index is 0. The van der Waals surface area contributed by atoms with E-state index in [1.54, 1.807) is 17.6 Å². The zero-order chi connectivity index (χ0) is 16.0. The van der Waals surface area contributed by atoms with E-state index < -0.39 is 0 Å². The number of aromatic nitrogens is 1. The first-order chi connectivity index (χ1) is 10.5. The van der Waals surface area contributed by atoms with Gasteiger partial charge >= 0.3 is 0 Å². The number of hydrogen-bond acceptors (Lipinski definition) is 4. The SMILES string of the molecule is CCNC(=NCc1ccco1)NCc1nc(C(C)(C)C)cs1.I. The monoisotopic (exact) mass is 448 g/mol. The Morgan fingerprint density at radius 1 is 1.35 bits per heavy atom. The number of nitrogens with one attached hydrogen (secondary N) is 2. The van der Waals surface area contributed by atoms with E-state index in [-0.39, 0.29) is 29.4 Å². The summed E-state index contributed by atoms with van der Waals surface area (Å²) in [5, 5.41) is 9.73. The summed E-state index contributed by atoms with van der Waals surface area (Å²) in [4.78, 5) is 9.18. The first kappa shape index (κ1) is 20.0. The molecule has 0 aliphatic heterocycles. The van der Waals surface area contributed by atoms with Crippen molar-refractivity contribution >= 4 is 41.3 Å². The predicted octanol–water partition coefficient (Wildman–Crippen LogP) is 3.91. The molecule has 2 rings (SSSR count). The van der Waals surface area contributed by atoms with Gasteiger partial charge in [-0.25, -0.2) is 9.98 Å². The van der Waals surface area contributed by atoms with Gasteiger partial charge in [0.05, 0.1) is 18.5 Å². The molecule has 0 unspecified atom stereocenters. The normalized spacial score (nSPS) is 11.9. The molecule has 2 aromatic rings. The summed E-state index contributed by atoms with van der Waals surface area (Å²) >= 11 is 1.68. The summed E-state index contributed by atoms with van der Waals surface area (Å²) in [6.45, 7) is 10.6. The predicted molar refractivity (Wildman–Crippen MR) is 107 cm³/mol. The lowest BCUT2D eigenvalue weighted by Gasteiger charge is -2.14. The summed E-state index contributed by atoms with van der Waals surface area (Å²) in [6, 6.07) is 3.79. The van der Waals surface area contributed by atoms with Crippen molar-refractivity contribution in [3.05, 3.63) is 40.2 Å². The van der Waals surface area contributed by atoms with Crippen LogP contribution in [0.3, 0.4) is 0 Å². The van der Waals surface area contributed by atoms with Crippen LogP contribution in [0.25, 0.3) is 0 Å². The molecule has 0 spiro atoms. The molecule has 0 fully saturated rings. The van der Waals surface area contributed by atoms with Crippen molar-refractivity contribution in [3.8, 4) is 0 Å². The summed E-state index contributed by atoms with van der Waals surface area (Å²) in [5.74, 6) is 1.62.